The Balaban J connectivity index is 2.85. The van der Waals surface area contributed by atoms with Gasteiger partial charge in [0.05, 0.1) is 0 Å². The molecule has 0 unspecified atom stereocenters. The molecule has 0 amide bonds. The van der Waals surface area contributed by atoms with E-state index in [1.807, 2.05) is 26.0 Å². The molecule has 0 saturated heterocycles. The first-order valence-electron chi connectivity index (χ1n) is 4.16. The van der Waals surface area contributed by atoms with Gasteiger partial charge in [0.15, 0.2) is 5.82 Å². The average Bonchev–Trinajstić information content (AvgIpc) is 2.18. The minimum atomic E-state index is 0.482. The van der Waals surface area contributed by atoms with E-state index in [0.717, 1.165) is 12.0 Å². The Morgan fingerprint density at radius 3 is 2.38 bits per heavy atom. The summed E-state index contributed by atoms with van der Waals surface area (Å²) in [4.78, 5) is 0. The van der Waals surface area contributed by atoms with Crippen molar-refractivity contribution in [1.29, 1.82) is 0 Å². The summed E-state index contributed by atoms with van der Waals surface area (Å²) in [5.74, 6) is 1.13. The quantitative estimate of drug-likeness (QED) is 0.653. The lowest BCUT2D eigenvalue weighted by atomic mass is 10.3. The smallest absolute Gasteiger partial charge is 0.131 e. The molecule has 0 bridgehead atoms. The maximum Gasteiger partial charge on any atom is 0.203 e. The predicted octanol–water partition coefficient (Wildman–Crippen LogP) is 1.42. The van der Waals surface area contributed by atoms with Crippen molar-refractivity contribution in [2.24, 2.45) is 0 Å². The Bertz CT molecular complexity index is 313. The topological polar surface area (TPSA) is 51.6 Å². The number of aromatic nitrogens is 4. The van der Waals surface area contributed by atoms with Gasteiger partial charge in [-0.3, -0.25) is 0 Å². The lowest BCUT2D eigenvalue weighted by Crippen LogP contribution is -2.02. The summed E-state index contributed by atoms with van der Waals surface area (Å²) < 4.78 is 0. The number of aryl methyl sites for hydroxylation is 1. The molecule has 0 saturated carbocycles. The van der Waals surface area contributed by atoms with Crippen LogP contribution in [0.2, 0.25) is 0 Å². The molecule has 0 radical (unpaired) electrons. The highest BCUT2D eigenvalue weighted by molar-refractivity contribution is 5.66. The molecule has 0 aliphatic rings. The van der Waals surface area contributed by atoms with Gasteiger partial charge in [-0.2, -0.15) is 0 Å². The van der Waals surface area contributed by atoms with E-state index >= 15 is 0 Å². The average molecular weight is 176 g/mol. The minimum Gasteiger partial charge on any atom is -0.131 e. The summed E-state index contributed by atoms with van der Waals surface area (Å²) in [6, 6.07) is 0. The fraction of sp³-hybridized carbons (Fsp3) is 0.333. The first-order chi connectivity index (χ1) is 6.27. The molecule has 0 aromatic carbocycles. The maximum absolute atomic E-state index is 3.89. The van der Waals surface area contributed by atoms with Crippen LogP contribution in [-0.2, 0) is 6.42 Å². The van der Waals surface area contributed by atoms with E-state index in [0.29, 0.717) is 11.6 Å². The maximum atomic E-state index is 3.89. The highest BCUT2D eigenvalue weighted by Crippen LogP contribution is 2.04. The van der Waals surface area contributed by atoms with Crippen LogP contribution in [0.5, 0.6) is 0 Å². The van der Waals surface area contributed by atoms with Crippen LogP contribution < -0.4 is 0 Å². The summed E-state index contributed by atoms with van der Waals surface area (Å²) in [6.07, 6.45) is 4.44. The summed E-state index contributed by atoms with van der Waals surface area (Å²) in [5.41, 5.74) is 0.727. The van der Waals surface area contributed by atoms with Crippen molar-refractivity contribution in [3.05, 3.63) is 30.4 Å². The van der Waals surface area contributed by atoms with Gasteiger partial charge in [-0.15, -0.1) is 20.4 Å². The van der Waals surface area contributed by atoms with Gasteiger partial charge in [-0.1, -0.05) is 25.7 Å². The molecule has 1 aromatic heterocycles. The Morgan fingerprint density at radius 2 is 1.92 bits per heavy atom. The second-order valence-corrected chi connectivity index (χ2v) is 2.52. The molecule has 68 valence electrons. The summed E-state index contributed by atoms with van der Waals surface area (Å²) in [7, 11) is 0. The van der Waals surface area contributed by atoms with Gasteiger partial charge < -0.3 is 0 Å². The molecule has 0 aliphatic carbocycles. The molecule has 0 fully saturated rings. The zero-order valence-corrected chi connectivity index (χ0v) is 7.86. The van der Waals surface area contributed by atoms with Gasteiger partial charge >= 0.3 is 0 Å². The Hall–Kier alpha value is -1.58. The van der Waals surface area contributed by atoms with Gasteiger partial charge in [-0.05, 0) is 6.92 Å². The lowest BCUT2D eigenvalue weighted by Gasteiger charge is -1.96. The highest BCUT2D eigenvalue weighted by atomic mass is 15.3. The molecule has 1 heterocycles. The van der Waals surface area contributed by atoms with Crippen LogP contribution in [0.25, 0.3) is 5.57 Å². The number of hydrogen-bond donors (Lipinski definition) is 0. The molecule has 4 nitrogen and oxygen atoms in total. The number of hydrogen-bond acceptors (Lipinski definition) is 4. The molecular formula is C9H12N4. The van der Waals surface area contributed by atoms with Crippen LogP contribution >= 0.6 is 0 Å². The minimum absolute atomic E-state index is 0.482. The number of rotatable bonds is 3. The van der Waals surface area contributed by atoms with Crippen molar-refractivity contribution in [3.8, 4) is 0 Å². The third-order valence-electron chi connectivity index (χ3n) is 1.49. The Labute approximate surface area is 77.4 Å². The standard InChI is InChI=1S/C9H12N4/c1-4-6-7(3)9-12-10-8(5-2)11-13-9/h4,6H,3,5H2,1-2H3. The fourth-order valence-corrected chi connectivity index (χ4v) is 0.796. The Kier molecular flexibility index (Phi) is 3.25. The molecule has 0 spiro atoms. The van der Waals surface area contributed by atoms with Gasteiger partial charge in [0.25, 0.3) is 0 Å². The fourth-order valence-electron chi connectivity index (χ4n) is 0.796. The third-order valence-corrected chi connectivity index (χ3v) is 1.49. The summed E-state index contributed by atoms with van der Waals surface area (Å²) in [6.45, 7) is 7.65. The van der Waals surface area contributed by atoms with Gasteiger partial charge in [-0.25, -0.2) is 0 Å². The van der Waals surface area contributed by atoms with Crippen LogP contribution in [0.15, 0.2) is 18.7 Å². The van der Waals surface area contributed by atoms with Crippen LogP contribution in [0, 0.1) is 0 Å². The van der Waals surface area contributed by atoms with E-state index in [4.69, 9.17) is 0 Å². The zero-order chi connectivity index (χ0) is 9.68. The van der Waals surface area contributed by atoms with E-state index in [9.17, 15) is 0 Å². The van der Waals surface area contributed by atoms with Crippen LogP contribution in [0.4, 0.5) is 0 Å². The van der Waals surface area contributed by atoms with Crippen LogP contribution in [-0.4, -0.2) is 20.4 Å². The molecule has 1 rings (SSSR count). The highest BCUT2D eigenvalue weighted by Gasteiger charge is 2.00. The largest absolute Gasteiger partial charge is 0.203 e. The molecule has 4 heteroatoms. The zero-order valence-electron chi connectivity index (χ0n) is 7.86. The normalized spacial score (nSPS) is 10.6. The summed E-state index contributed by atoms with van der Waals surface area (Å²) >= 11 is 0. The van der Waals surface area contributed by atoms with Crippen molar-refractivity contribution < 1.29 is 0 Å². The van der Waals surface area contributed by atoms with Gasteiger partial charge in [0.1, 0.15) is 0 Å². The van der Waals surface area contributed by atoms with Crippen molar-refractivity contribution in [1.82, 2.24) is 20.4 Å². The third kappa shape index (κ3) is 2.43. The molecule has 13 heavy (non-hydrogen) atoms. The second-order valence-electron chi connectivity index (χ2n) is 2.52. The van der Waals surface area contributed by atoms with Crippen molar-refractivity contribution >= 4 is 5.57 Å². The van der Waals surface area contributed by atoms with Crippen LogP contribution in [0.3, 0.4) is 0 Å². The molecule has 0 atom stereocenters. The van der Waals surface area contributed by atoms with Crippen molar-refractivity contribution in [2.45, 2.75) is 20.3 Å². The van der Waals surface area contributed by atoms with Crippen molar-refractivity contribution in [3.63, 3.8) is 0 Å². The second kappa shape index (κ2) is 4.45. The van der Waals surface area contributed by atoms with E-state index in [2.05, 4.69) is 27.0 Å². The molecule has 0 N–H and O–H groups in total. The van der Waals surface area contributed by atoms with Gasteiger partial charge in [0.2, 0.25) is 5.82 Å². The first-order valence-corrected chi connectivity index (χ1v) is 4.16. The number of nitrogens with zero attached hydrogens (tertiary/aromatic N) is 4. The Morgan fingerprint density at radius 1 is 1.31 bits per heavy atom. The van der Waals surface area contributed by atoms with Gasteiger partial charge in [0, 0.05) is 12.0 Å². The predicted molar refractivity (Wildman–Crippen MR) is 50.8 cm³/mol. The van der Waals surface area contributed by atoms with E-state index < -0.39 is 0 Å². The van der Waals surface area contributed by atoms with Crippen LogP contribution in [0.1, 0.15) is 25.5 Å². The van der Waals surface area contributed by atoms with Crippen molar-refractivity contribution in [2.75, 3.05) is 0 Å². The molecule has 0 aliphatic heterocycles. The van der Waals surface area contributed by atoms with E-state index in [1.165, 1.54) is 0 Å². The first kappa shape index (κ1) is 9.51. The van der Waals surface area contributed by atoms with E-state index in [-0.39, 0.29) is 0 Å². The summed E-state index contributed by atoms with van der Waals surface area (Å²) in [5, 5.41) is 15.6. The molecule has 1 aromatic rings. The SMILES string of the molecule is C=C(C=CC)c1nnc(CC)nn1. The monoisotopic (exact) mass is 176 g/mol. The number of allylic oxidation sites excluding steroid dienone is 3. The lowest BCUT2D eigenvalue weighted by molar-refractivity contribution is 0.755. The van der Waals surface area contributed by atoms with E-state index in [1.54, 1.807) is 0 Å². The molecular weight excluding hydrogens is 164 g/mol.